The predicted molar refractivity (Wildman–Crippen MR) is 96.5 cm³/mol. The molecule has 0 atom stereocenters. The fourth-order valence-electron chi connectivity index (χ4n) is 2.90. The minimum absolute atomic E-state index is 0.210. The van der Waals surface area contributed by atoms with Crippen LogP contribution in [0.2, 0.25) is 0 Å². The largest absolute Gasteiger partial charge is 0.365 e. The maximum Gasteiger partial charge on any atom is 0.254 e. The summed E-state index contributed by atoms with van der Waals surface area (Å²) in [6, 6.07) is 4.31. The highest BCUT2D eigenvalue weighted by atomic mass is 16.2. The van der Waals surface area contributed by atoms with Crippen LogP contribution in [-0.2, 0) is 9.59 Å². The van der Waals surface area contributed by atoms with Crippen LogP contribution in [0.5, 0.6) is 0 Å². The van der Waals surface area contributed by atoms with Crippen molar-refractivity contribution in [2.24, 2.45) is 11.5 Å². The molecule has 0 spiro atoms. The van der Waals surface area contributed by atoms with Gasteiger partial charge in [0.2, 0.25) is 0 Å². The van der Waals surface area contributed by atoms with Crippen LogP contribution in [0, 0.1) is 13.8 Å². The molecule has 6 heteroatoms. The topological polar surface area (TPSA) is 92.7 Å². The average Bonchev–Trinajstić information content (AvgIpc) is 2.79. The van der Waals surface area contributed by atoms with E-state index in [1.807, 2.05) is 0 Å². The maximum absolute atomic E-state index is 11.4. The minimum Gasteiger partial charge on any atom is -0.365 e. The molecule has 128 valence electrons. The Kier molecular flexibility index (Phi) is 4.97. The van der Waals surface area contributed by atoms with Gasteiger partial charge in [0.05, 0.1) is 11.4 Å². The number of allylic oxidation sites excluding steroid dienone is 2. The van der Waals surface area contributed by atoms with Crippen LogP contribution >= 0.6 is 0 Å². The van der Waals surface area contributed by atoms with Crippen molar-refractivity contribution in [2.45, 2.75) is 27.7 Å². The van der Waals surface area contributed by atoms with Crippen LogP contribution in [0.4, 0.5) is 11.4 Å². The number of carbonyl (C=O) groups is 2. The number of primary amides is 2. The number of nitrogens with zero attached hydrogens (tertiary/aromatic N) is 2. The zero-order chi connectivity index (χ0) is 18.0. The third-order valence-electron chi connectivity index (χ3n) is 4.29. The first-order valence-electron chi connectivity index (χ1n) is 7.99. The van der Waals surface area contributed by atoms with Crippen molar-refractivity contribution < 1.29 is 9.59 Å². The SMILES string of the molecule is CCN1C(=CC=C(C(N)=O)C(N)=O)N(CC)c2cc(C)c(C)cc21. The highest BCUT2D eigenvalue weighted by molar-refractivity contribution is 6.17. The second kappa shape index (κ2) is 6.78. The van der Waals surface area contributed by atoms with Crippen molar-refractivity contribution in [3.8, 4) is 0 Å². The second-order valence-corrected chi connectivity index (χ2v) is 5.75. The normalized spacial score (nSPS) is 12.9. The average molecular weight is 328 g/mol. The number of rotatable bonds is 5. The Hall–Kier alpha value is -2.76. The molecule has 1 aromatic carbocycles. The molecule has 0 saturated heterocycles. The van der Waals surface area contributed by atoms with Gasteiger partial charge in [-0.2, -0.15) is 0 Å². The lowest BCUT2D eigenvalue weighted by molar-refractivity contribution is -0.120. The summed E-state index contributed by atoms with van der Waals surface area (Å²) >= 11 is 0. The molecular weight excluding hydrogens is 304 g/mol. The van der Waals surface area contributed by atoms with Crippen LogP contribution in [0.25, 0.3) is 0 Å². The highest BCUT2D eigenvalue weighted by Crippen LogP contribution is 2.42. The molecule has 0 bridgehead atoms. The van der Waals surface area contributed by atoms with E-state index < -0.39 is 11.8 Å². The van der Waals surface area contributed by atoms with Gasteiger partial charge in [0.15, 0.2) is 0 Å². The highest BCUT2D eigenvalue weighted by Gasteiger charge is 2.29. The van der Waals surface area contributed by atoms with Crippen molar-refractivity contribution in [3.05, 3.63) is 46.8 Å². The standard InChI is InChI=1S/C18H24N4O2/c1-5-21-14-9-11(3)12(4)10-15(14)22(6-2)16(21)8-7-13(17(19)23)18(20)24/h7-10H,5-6H2,1-4H3,(H2,19,23)(H2,20,24). The quantitative estimate of drug-likeness (QED) is 0.489. The van der Waals surface area contributed by atoms with Crippen LogP contribution < -0.4 is 21.3 Å². The summed E-state index contributed by atoms with van der Waals surface area (Å²) in [5.41, 5.74) is 14.9. The van der Waals surface area contributed by atoms with Gasteiger partial charge in [-0.3, -0.25) is 9.59 Å². The molecule has 0 aromatic heterocycles. The van der Waals surface area contributed by atoms with Gasteiger partial charge in [0.25, 0.3) is 11.8 Å². The van der Waals surface area contributed by atoms with Crippen molar-refractivity contribution >= 4 is 23.2 Å². The van der Waals surface area contributed by atoms with Gasteiger partial charge in [-0.05, 0) is 63.1 Å². The number of nitrogens with two attached hydrogens (primary N) is 2. The Labute approximate surface area is 142 Å². The van der Waals surface area contributed by atoms with E-state index in [9.17, 15) is 9.59 Å². The van der Waals surface area contributed by atoms with Gasteiger partial charge in [0.1, 0.15) is 11.4 Å². The third-order valence-corrected chi connectivity index (χ3v) is 4.29. The zero-order valence-corrected chi connectivity index (χ0v) is 14.6. The van der Waals surface area contributed by atoms with Gasteiger partial charge >= 0.3 is 0 Å². The summed E-state index contributed by atoms with van der Waals surface area (Å²) in [4.78, 5) is 27.0. The third kappa shape index (κ3) is 2.99. The molecule has 4 N–H and O–H groups in total. The van der Waals surface area contributed by atoms with Crippen LogP contribution in [0.15, 0.2) is 35.7 Å². The van der Waals surface area contributed by atoms with Crippen molar-refractivity contribution in [2.75, 3.05) is 22.9 Å². The van der Waals surface area contributed by atoms with Gasteiger partial charge in [-0.25, -0.2) is 0 Å². The van der Waals surface area contributed by atoms with E-state index in [0.29, 0.717) is 0 Å². The summed E-state index contributed by atoms with van der Waals surface area (Å²) in [6.07, 6.45) is 3.12. The summed E-state index contributed by atoms with van der Waals surface area (Å²) in [5, 5.41) is 0. The second-order valence-electron chi connectivity index (χ2n) is 5.75. The van der Waals surface area contributed by atoms with Gasteiger partial charge < -0.3 is 21.3 Å². The summed E-state index contributed by atoms with van der Waals surface area (Å²) < 4.78 is 0. The molecule has 0 unspecified atom stereocenters. The summed E-state index contributed by atoms with van der Waals surface area (Å²) in [6.45, 7) is 9.79. The number of aryl methyl sites for hydroxylation is 2. The molecule has 1 aromatic rings. The van der Waals surface area contributed by atoms with Crippen LogP contribution in [0.3, 0.4) is 0 Å². The predicted octanol–water partition coefficient (Wildman–Crippen LogP) is 1.71. The maximum atomic E-state index is 11.4. The Bertz CT molecular complexity index is 695. The molecule has 0 aliphatic carbocycles. The van der Waals surface area contributed by atoms with E-state index in [0.717, 1.165) is 30.3 Å². The smallest absolute Gasteiger partial charge is 0.254 e. The zero-order valence-electron chi connectivity index (χ0n) is 14.6. The lowest BCUT2D eigenvalue weighted by atomic mass is 10.1. The van der Waals surface area contributed by atoms with E-state index in [2.05, 4.69) is 49.6 Å². The fraction of sp³-hybridized carbons (Fsp3) is 0.333. The van der Waals surface area contributed by atoms with E-state index in [1.165, 1.54) is 17.2 Å². The number of amides is 2. The Morgan fingerprint density at radius 1 is 0.958 bits per heavy atom. The molecule has 1 heterocycles. The number of anilines is 2. The number of hydrogen-bond donors (Lipinski definition) is 2. The summed E-state index contributed by atoms with van der Waals surface area (Å²) in [5.74, 6) is -0.764. The first-order valence-corrected chi connectivity index (χ1v) is 7.99. The van der Waals surface area contributed by atoms with Crippen LogP contribution in [-0.4, -0.2) is 24.9 Å². The molecule has 0 radical (unpaired) electrons. The Morgan fingerprint density at radius 2 is 1.38 bits per heavy atom. The molecule has 1 aliphatic heterocycles. The van der Waals surface area contributed by atoms with Gasteiger partial charge in [-0.1, -0.05) is 0 Å². The van der Waals surface area contributed by atoms with E-state index >= 15 is 0 Å². The molecule has 2 rings (SSSR count). The van der Waals surface area contributed by atoms with Crippen molar-refractivity contribution in [1.82, 2.24) is 0 Å². The van der Waals surface area contributed by atoms with Crippen molar-refractivity contribution in [1.29, 1.82) is 0 Å². The number of benzene rings is 1. The lowest BCUT2D eigenvalue weighted by Gasteiger charge is -2.23. The minimum atomic E-state index is -0.826. The number of carbonyl (C=O) groups excluding carboxylic acids is 2. The molecule has 2 amide bonds. The molecule has 6 nitrogen and oxygen atoms in total. The van der Waals surface area contributed by atoms with E-state index in [1.54, 1.807) is 6.08 Å². The Morgan fingerprint density at radius 3 is 1.71 bits per heavy atom. The summed E-state index contributed by atoms with van der Waals surface area (Å²) in [7, 11) is 0. The molecule has 0 saturated carbocycles. The van der Waals surface area contributed by atoms with E-state index in [-0.39, 0.29) is 5.57 Å². The molecule has 0 fully saturated rings. The van der Waals surface area contributed by atoms with E-state index in [4.69, 9.17) is 11.5 Å². The lowest BCUT2D eigenvalue weighted by Crippen LogP contribution is -2.29. The molecule has 1 aliphatic rings. The fourth-order valence-corrected chi connectivity index (χ4v) is 2.90. The van der Waals surface area contributed by atoms with Crippen LogP contribution in [0.1, 0.15) is 25.0 Å². The number of hydrogen-bond acceptors (Lipinski definition) is 4. The van der Waals surface area contributed by atoms with Gasteiger partial charge in [0, 0.05) is 13.1 Å². The Balaban J connectivity index is 2.58. The first-order chi connectivity index (χ1) is 11.3. The molecular formula is C18H24N4O2. The molecule has 24 heavy (non-hydrogen) atoms. The first kappa shape index (κ1) is 17.6. The van der Waals surface area contributed by atoms with Gasteiger partial charge in [-0.15, -0.1) is 0 Å². The van der Waals surface area contributed by atoms with Crippen molar-refractivity contribution in [3.63, 3.8) is 0 Å². The monoisotopic (exact) mass is 328 g/mol. The number of fused-ring (bicyclic) bond motifs is 1.